The van der Waals surface area contributed by atoms with Gasteiger partial charge in [-0.2, -0.15) is 0 Å². The van der Waals surface area contributed by atoms with Gasteiger partial charge in [0.2, 0.25) is 5.91 Å². The number of hydrogen-bond acceptors (Lipinski definition) is 5. The van der Waals surface area contributed by atoms with Crippen LogP contribution in [0.5, 0.6) is 11.5 Å². The Morgan fingerprint density at radius 3 is 2.62 bits per heavy atom. The number of fused-ring (bicyclic) bond motifs is 1. The molecular formula is C19H18FNO4S. The van der Waals surface area contributed by atoms with Crippen LogP contribution < -0.4 is 14.8 Å². The summed E-state index contributed by atoms with van der Waals surface area (Å²) in [6, 6.07) is 9.45. The number of hydrogen-bond donors (Lipinski definition) is 1. The topological polar surface area (TPSA) is 64.6 Å². The first-order valence-electron chi connectivity index (χ1n) is 8.16. The van der Waals surface area contributed by atoms with Crippen molar-refractivity contribution in [1.29, 1.82) is 0 Å². The van der Waals surface area contributed by atoms with Crippen LogP contribution in [-0.2, 0) is 4.79 Å². The smallest absolute Gasteiger partial charge is 0.234 e. The highest BCUT2D eigenvalue weighted by atomic mass is 32.2. The quantitative estimate of drug-likeness (QED) is 0.634. The van der Waals surface area contributed by atoms with E-state index in [0.717, 1.165) is 18.2 Å². The van der Waals surface area contributed by atoms with Gasteiger partial charge in [0.25, 0.3) is 0 Å². The van der Waals surface area contributed by atoms with Crippen molar-refractivity contribution in [3.8, 4) is 11.5 Å². The molecule has 7 heteroatoms. The summed E-state index contributed by atoms with van der Waals surface area (Å²) in [6.45, 7) is 2.55. The van der Waals surface area contributed by atoms with Crippen LogP contribution in [0.4, 0.5) is 10.1 Å². The minimum absolute atomic E-state index is 0.0464. The summed E-state index contributed by atoms with van der Waals surface area (Å²) in [5.41, 5.74) is 0.899. The number of halogens is 1. The molecule has 0 atom stereocenters. The highest BCUT2D eigenvalue weighted by Gasteiger charge is 2.13. The van der Waals surface area contributed by atoms with Gasteiger partial charge in [0, 0.05) is 28.6 Å². The number of anilines is 1. The van der Waals surface area contributed by atoms with Crippen molar-refractivity contribution in [2.24, 2.45) is 0 Å². The predicted octanol–water partition coefficient (Wildman–Crippen LogP) is 3.92. The maximum Gasteiger partial charge on any atom is 0.234 e. The number of thioether (sulfide) groups is 1. The van der Waals surface area contributed by atoms with Crippen molar-refractivity contribution in [3.05, 3.63) is 47.8 Å². The second-order valence-electron chi connectivity index (χ2n) is 5.75. The van der Waals surface area contributed by atoms with E-state index in [4.69, 9.17) is 9.47 Å². The van der Waals surface area contributed by atoms with Gasteiger partial charge in [-0.15, -0.1) is 11.8 Å². The zero-order chi connectivity index (χ0) is 18.5. The van der Waals surface area contributed by atoms with Crippen LogP contribution in [0.1, 0.15) is 23.7 Å². The molecule has 1 N–H and O–H groups in total. The van der Waals surface area contributed by atoms with Gasteiger partial charge in [-0.1, -0.05) is 6.07 Å². The maximum atomic E-state index is 14.0. The minimum Gasteiger partial charge on any atom is -0.490 e. The molecule has 2 aromatic carbocycles. The summed E-state index contributed by atoms with van der Waals surface area (Å²) >= 11 is 1.07. The maximum absolute atomic E-state index is 14.0. The molecule has 0 saturated heterocycles. The number of amides is 1. The van der Waals surface area contributed by atoms with E-state index in [1.54, 1.807) is 24.3 Å². The molecule has 1 amide bonds. The van der Waals surface area contributed by atoms with Gasteiger partial charge in [0.1, 0.15) is 5.82 Å². The summed E-state index contributed by atoms with van der Waals surface area (Å²) in [5.74, 6) is 0.324. The summed E-state index contributed by atoms with van der Waals surface area (Å²) < 4.78 is 25.1. The van der Waals surface area contributed by atoms with Crippen molar-refractivity contribution in [3.63, 3.8) is 0 Å². The molecule has 0 aliphatic carbocycles. The van der Waals surface area contributed by atoms with E-state index >= 15 is 0 Å². The molecule has 26 heavy (non-hydrogen) atoms. The Balaban J connectivity index is 1.59. The highest BCUT2D eigenvalue weighted by Crippen LogP contribution is 2.32. The van der Waals surface area contributed by atoms with Crippen molar-refractivity contribution in [2.45, 2.75) is 18.2 Å². The third-order valence-corrected chi connectivity index (χ3v) is 4.78. The third kappa shape index (κ3) is 4.54. The Bertz CT molecular complexity index is 840. The van der Waals surface area contributed by atoms with Gasteiger partial charge in [0.15, 0.2) is 17.3 Å². The number of nitrogens with one attached hydrogen (secondary N) is 1. The first-order chi connectivity index (χ1) is 12.5. The molecule has 3 rings (SSSR count). The summed E-state index contributed by atoms with van der Waals surface area (Å²) in [7, 11) is 0. The molecule has 0 spiro atoms. The van der Waals surface area contributed by atoms with Crippen molar-refractivity contribution in [2.75, 3.05) is 24.3 Å². The average Bonchev–Trinajstić information content (AvgIpc) is 2.85. The van der Waals surface area contributed by atoms with E-state index in [-0.39, 0.29) is 17.4 Å². The largest absolute Gasteiger partial charge is 0.490 e. The number of ether oxygens (including phenoxy) is 2. The van der Waals surface area contributed by atoms with Gasteiger partial charge < -0.3 is 14.8 Å². The molecule has 5 nitrogen and oxygen atoms in total. The van der Waals surface area contributed by atoms with Crippen LogP contribution >= 0.6 is 11.8 Å². The van der Waals surface area contributed by atoms with Crippen molar-refractivity contribution >= 4 is 29.1 Å². The van der Waals surface area contributed by atoms with Gasteiger partial charge in [-0.05, 0) is 31.2 Å². The van der Waals surface area contributed by atoms with E-state index in [1.807, 2.05) is 0 Å². The molecule has 1 aliphatic heterocycles. The summed E-state index contributed by atoms with van der Waals surface area (Å²) in [6.07, 6.45) is 0.807. The number of benzene rings is 2. The Labute approximate surface area is 154 Å². The van der Waals surface area contributed by atoms with Gasteiger partial charge in [-0.3, -0.25) is 9.59 Å². The molecule has 1 aliphatic rings. The standard InChI is InChI=1S/C19H18FNO4S/c1-12(22)13-3-6-18(15(20)9-13)26-11-19(23)21-14-4-5-16-17(10-14)25-8-2-7-24-16/h3-6,9-10H,2,7-8,11H2,1H3,(H,21,23). The molecule has 0 saturated carbocycles. The Morgan fingerprint density at radius 1 is 1.12 bits per heavy atom. The molecule has 1 heterocycles. The van der Waals surface area contributed by atoms with Crippen LogP contribution in [0.15, 0.2) is 41.3 Å². The molecule has 0 fully saturated rings. The second kappa shape index (κ2) is 8.23. The summed E-state index contributed by atoms with van der Waals surface area (Å²) in [4.78, 5) is 23.7. The predicted molar refractivity (Wildman–Crippen MR) is 97.8 cm³/mol. The van der Waals surface area contributed by atoms with Gasteiger partial charge >= 0.3 is 0 Å². The Kier molecular flexibility index (Phi) is 5.78. The fourth-order valence-electron chi connectivity index (χ4n) is 2.42. The Hall–Kier alpha value is -2.54. The summed E-state index contributed by atoms with van der Waals surface area (Å²) in [5, 5.41) is 2.76. The molecule has 0 radical (unpaired) electrons. The third-order valence-electron chi connectivity index (χ3n) is 3.73. The monoisotopic (exact) mass is 375 g/mol. The molecule has 0 unspecified atom stereocenters. The lowest BCUT2D eigenvalue weighted by Gasteiger charge is -2.10. The van der Waals surface area contributed by atoms with E-state index in [2.05, 4.69) is 5.32 Å². The lowest BCUT2D eigenvalue weighted by molar-refractivity contribution is -0.113. The number of carbonyl (C=O) groups excluding carboxylic acids is 2. The van der Waals surface area contributed by atoms with Crippen LogP contribution in [0.3, 0.4) is 0 Å². The SMILES string of the molecule is CC(=O)c1ccc(SCC(=O)Nc2ccc3c(c2)OCCCO3)c(F)c1. The molecule has 2 aromatic rings. The highest BCUT2D eigenvalue weighted by molar-refractivity contribution is 8.00. The van der Waals surface area contributed by atoms with Crippen LogP contribution in [0, 0.1) is 5.82 Å². The lowest BCUT2D eigenvalue weighted by atomic mass is 10.1. The first kappa shape index (κ1) is 18.3. The van der Waals surface area contributed by atoms with E-state index in [9.17, 15) is 14.0 Å². The van der Waals surface area contributed by atoms with Crippen LogP contribution in [-0.4, -0.2) is 30.7 Å². The zero-order valence-corrected chi connectivity index (χ0v) is 15.0. The number of carbonyl (C=O) groups is 2. The van der Waals surface area contributed by atoms with Crippen LogP contribution in [0.25, 0.3) is 0 Å². The number of ketones is 1. The van der Waals surface area contributed by atoms with E-state index in [1.165, 1.54) is 19.1 Å². The van der Waals surface area contributed by atoms with Crippen molar-refractivity contribution < 1.29 is 23.5 Å². The van der Waals surface area contributed by atoms with E-state index < -0.39 is 5.82 Å². The normalized spacial score (nSPS) is 13.0. The molecule has 0 bridgehead atoms. The molecule has 136 valence electrons. The van der Waals surface area contributed by atoms with Crippen molar-refractivity contribution in [1.82, 2.24) is 0 Å². The van der Waals surface area contributed by atoms with E-state index in [0.29, 0.717) is 40.9 Å². The second-order valence-corrected chi connectivity index (χ2v) is 6.77. The van der Waals surface area contributed by atoms with Crippen LogP contribution in [0.2, 0.25) is 0 Å². The average molecular weight is 375 g/mol. The zero-order valence-electron chi connectivity index (χ0n) is 14.2. The lowest BCUT2D eigenvalue weighted by Crippen LogP contribution is -2.14. The fraction of sp³-hybridized carbons (Fsp3) is 0.263. The molecular weight excluding hydrogens is 357 g/mol. The minimum atomic E-state index is -0.508. The van der Waals surface area contributed by atoms with Gasteiger partial charge in [-0.25, -0.2) is 4.39 Å². The first-order valence-corrected chi connectivity index (χ1v) is 9.14. The number of Topliss-reactive ketones (excluding diaryl/α,β-unsaturated/α-hetero) is 1. The fourth-order valence-corrected chi connectivity index (χ4v) is 3.14. The molecule has 0 aromatic heterocycles. The Morgan fingerprint density at radius 2 is 1.88 bits per heavy atom. The van der Waals surface area contributed by atoms with Gasteiger partial charge in [0.05, 0.1) is 19.0 Å². The number of rotatable bonds is 5.